The van der Waals surface area contributed by atoms with Crippen molar-refractivity contribution in [3.63, 3.8) is 0 Å². The van der Waals surface area contributed by atoms with Crippen molar-refractivity contribution >= 4 is 39.6 Å². The molecule has 0 aliphatic heterocycles. The van der Waals surface area contributed by atoms with Crippen LogP contribution >= 0.6 is 0 Å². The van der Waals surface area contributed by atoms with Gasteiger partial charge in [-0.3, -0.25) is 0 Å². The molecule has 0 amide bonds. The fourth-order valence-corrected chi connectivity index (χ4v) is 12.2. The van der Waals surface area contributed by atoms with Crippen LogP contribution in [-0.2, 0) is 26.5 Å². The van der Waals surface area contributed by atoms with Crippen LogP contribution < -0.4 is 4.40 Å². The average Bonchev–Trinajstić information content (AvgIpc) is 3.86. The fraction of sp³-hybridized carbons (Fsp3) is 0.320. The van der Waals surface area contributed by atoms with Crippen LogP contribution in [0.2, 0.25) is 17.3 Å². The van der Waals surface area contributed by atoms with Crippen LogP contribution in [0.3, 0.4) is 0 Å². The molecule has 2 fully saturated rings. The summed E-state index contributed by atoms with van der Waals surface area (Å²) >= 11 is -1.87. The van der Waals surface area contributed by atoms with Crippen molar-refractivity contribution in [2.75, 3.05) is 0 Å². The van der Waals surface area contributed by atoms with E-state index in [1.807, 2.05) is 18.3 Å². The number of aryl methyl sites for hydroxylation is 1. The van der Waals surface area contributed by atoms with E-state index in [0.29, 0.717) is 5.92 Å². The quantitative estimate of drug-likeness (QED) is 0.118. The second-order valence-corrected chi connectivity index (χ2v) is 27.3. The second kappa shape index (κ2) is 17.5. The van der Waals surface area contributed by atoms with Crippen LogP contribution in [0, 0.1) is 25.0 Å². The molecule has 7 aromatic rings. The second-order valence-electron chi connectivity index (χ2n) is 16.7. The first-order valence-corrected chi connectivity index (χ1v) is 27.5. The Bertz CT molecular complexity index is 2350. The van der Waals surface area contributed by atoms with E-state index in [1.165, 1.54) is 86.5 Å². The Balaban J connectivity index is 0.000000178. The van der Waals surface area contributed by atoms with Crippen LogP contribution in [0.25, 0.3) is 55.6 Å². The Hall–Kier alpha value is -3.83. The van der Waals surface area contributed by atoms with Gasteiger partial charge >= 0.3 is 137 Å². The first-order valence-electron chi connectivity index (χ1n) is 20.2. The Morgan fingerprint density at radius 3 is 2.24 bits per heavy atom. The number of nitrogens with zero attached hydrogens (tertiary/aromatic N) is 2. The summed E-state index contributed by atoms with van der Waals surface area (Å²) in [5.41, 5.74) is 12.5. The van der Waals surface area contributed by atoms with E-state index in [0.717, 1.165) is 50.4 Å². The van der Waals surface area contributed by atoms with Crippen LogP contribution in [0.15, 0.2) is 114 Å². The van der Waals surface area contributed by atoms with E-state index in [9.17, 15) is 0 Å². The van der Waals surface area contributed by atoms with Crippen molar-refractivity contribution < 1.29 is 24.5 Å². The molecule has 0 saturated heterocycles. The van der Waals surface area contributed by atoms with E-state index < -0.39 is 13.3 Å². The predicted octanol–water partition coefficient (Wildman–Crippen LogP) is 13.3. The number of aromatic nitrogens is 2. The van der Waals surface area contributed by atoms with Gasteiger partial charge in [0.25, 0.3) is 0 Å². The van der Waals surface area contributed by atoms with E-state index in [2.05, 4.69) is 132 Å². The molecule has 2 aliphatic carbocycles. The third-order valence-corrected chi connectivity index (χ3v) is 16.0. The van der Waals surface area contributed by atoms with Gasteiger partial charge in [-0.05, 0) is 65.6 Å². The smallest absolute Gasteiger partial charge is 0 e. The van der Waals surface area contributed by atoms with Gasteiger partial charge in [-0.25, -0.2) is 0 Å². The molecule has 0 atom stereocenters. The summed E-state index contributed by atoms with van der Waals surface area (Å²) in [6, 6.07) is 41.0. The number of furan rings is 1. The first-order chi connectivity index (χ1) is 26.3. The van der Waals surface area contributed by atoms with Gasteiger partial charge in [0.15, 0.2) is 0 Å². The normalized spacial score (nSPS) is 15.1. The molecule has 55 heavy (non-hydrogen) atoms. The summed E-state index contributed by atoms with van der Waals surface area (Å²) in [7, 11) is 0. The summed E-state index contributed by atoms with van der Waals surface area (Å²) in [5.74, 6) is 8.98. The van der Waals surface area contributed by atoms with Gasteiger partial charge in [-0.15, -0.1) is 17.7 Å². The zero-order chi connectivity index (χ0) is 37.1. The summed E-state index contributed by atoms with van der Waals surface area (Å²) < 4.78 is 7.91. The minimum Gasteiger partial charge on any atom is 0 e. The number of hydrogen-bond acceptors (Lipinski definition) is 3. The minimum atomic E-state index is -1.87. The summed E-state index contributed by atoms with van der Waals surface area (Å²) in [5, 5.41) is 2.26. The molecular weight excluding hydrogens is 909 g/mol. The Morgan fingerprint density at radius 1 is 0.745 bits per heavy atom. The maximum atomic E-state index is 6.32. The van der Waals surface area contributed by atoms with Gasteiger partial charge in [0, 0.05) is 26.3 Å². The molecule has 3 aromatic heterocycles. The Labute approximate surface area is 344 Å². The molecule has 5 heteroatoms. The first kappa shape index (κ1) is 39.4. The number of hydrogen-bond donors (Lipinski definition) is 0. The minimum absolute atomic E-state index is 0. The molecule has 283 valence electrons. The standard InChI is InChI=1S/C30H26NO.C20H26GeN.Ir/c1-20-16-26(22-10-6-3-7-11-22)30-25-13-12-24(19-28(25)32-29(30)17-20)27-18-23(14-15-31-27)21-8-4-2-5-9-21;1-21(2,3)19-15-22-20(17-11-5-4-6-12-17)14-18(19)13-16-9-7-8-10-16;/h3,6-7,10-18,21H,2,4-5,8-9H2,1H3;4-6,11,14-16H,7-10,13H2,1-3H3;/q2*-1;. The number of rotatable bonds is 7. The molecular formula is C50H52GeIrN2O-2. The zero-order valence-corrected chi connectivity index (χ0v) is 37.2. The molecule has 0 N–H and O–H groups in total. The molecule has 4 aromatic carbocycles. The average molecular weight is 962 g/mol. The monoisotopic (exact) mass is 963 g/mol. The molecule has 2 saturated carbocycles. The zero-order valence-electron chi connectivity index (χ0n) is 32.8. The number of fused-ring (bicyclic) bond motifs is 3. The maximum Gasteiger partial charge on any atom is 0 e. The van der Waals surface area contributed by atoms with Gasteiger partial charge in [0.05, 0.1) is 5.58 Å². The number of benzene rings is 4. The molecule has 1 radical (unpaired) electrons. The summed E-state index contributed by atoms with van der Waals surface area (Å²) in [6.45, 7) is 2.12. The maximum absolute atomic E-state index is 6.32. The van der Waals surface area contributed by atoms with Gasteiger partial charge in [0.2, 0.25) is 0 Å². The third-order valence-electron chi connectivity index (χ3n) is 11.6. The molecule has 3 heterocycles. The molecule has 9 rings (SSSR count). The third kappa shape index (κ3) is 9.09. The van der Waals surface area contributed by atoms with Gasteiger partial charge in [0.1, 0.15) is 5.58 Å². The van der Waals surface area contributed by atoms with Crippen LogP contribution in [-0.4, -0.2) is 23.2 Å². The van der Waals surface area contributed by atoms with Crippen molar-refractivity contribution in [3.8, 4) is 33.6 Å². The molecule has 0 unspecified atom stereocenters. The fourth-order valence-electron chi connectivity index (χ4n) is 8.82. The molecule has 0 bridgehead atoms. The summed E-state index contributed by atoms with van der Waals surface area (Å²) in [6.07, 6.45) is 17.7. The van der Waals surface area contributed by atoms with Crippen LogP contribution in [0.1, 0.15) is 80.4 Å². The van der Waals surface area contributed by atoms with Crippen LogP contribution in [0.5, 0.6) is 0 Å². The molecule has 0 spiro atoms. The van der Waals surface area contributed by atoms with E-state index in [-0.39, 0.29) is 20.1 Å². The van der Waals surface area contributed by atoms with Gasteiger partial charge in [-0.2, -0.15) is 0 Å². The predicted molar refractivity (Wildman–Crippen MR) is 229 cm³/mol. The summed E-state index contributed by atoms with van der Waals surface area (Å²) in [4.78, 5) is 9.44. The van der Waals surface area contributed by atoms with E-state index >= 15 is 0 Å². The van der Waals surface area contributed by atoms with Crippen molar-refractivity contribution in [1.82, 2.24) is 9.97 Å². The van der Waals surface area contributed by atoms with E-state index in [4.69, 9.17) is 9.40 Å². The van der Waals surface area contributed by atoms with E-state index in [1.54, 1.807) is 9.96 Å². The topological polar surface area (TPSA) is 38.9 Å². The largest absolute Gasteiger partial charge is 0 e. The van der Waals surface area contributed by atoms with Crippen LogP contribution in [0.4, 0.5) is 0 Å². The van der Waals surface area contributed by atoms with Gasteiger partial charge in [-0.1, -0.05) is 78.7 Å². The van der Waals surface area contributed by atoms with Gasteiger partial charge < -0.3 is 9.40 Å². The van der Waals surface area contributed by atoms with Crippen molar-refractivity contribution in [2.45, 2.75) is 94.3 Å². The van der Waals surface area contributed by atoms with Crippen molar-refractivity contribution in [1.29, 1.82) is 0 Å². The van der Waals surface area contributed by atoms with Crippen molar-refractivity contribution in [3.05, 3.63) is 138 Å². The Morgan fingerprint density at radius 2 is 1.49 bits per heavy atom. The molecule has 2 aliphatic rings. The Kier molecular flexibility index (Phi) is 12.6. The molecule has 3 nitrogen and oxygen atoms in total. The van der Waals surface area contributed by atoms with Crippen molar-refractivity contribution in [2.24, 2.45) is 5.92 Å². The number of pyridine rings is 2. The SMILES string of the molecule is Cc1cc(-c2ccccc2)c2c(c1)oc1[c-]c(-c3cc(C4CCCCC4)ccn3)ccc12.[CH3][Ge]([CH3])([CH3])[c]1cnc(-c2[c-]cccc2)cc1CC1CCCC1.[Ir].